The molecule has 1 aliphatic rings. The first-order valence-electron chi connectivity index (χ1n) is 10.3. The van der Waals surface area contributed by atoms with Gasteiger partial charge < -0.3 is 5.32 Å². The molecule has 2 aromatic heterocycles. The number of hydrogen-bond acceptors (Lipinski definition) is 5. The number of halogens is 2. The predicted molar refractivity (Wildman–Crippen MR) is 121 cm³/mol. The zero-order valence-corrected chi connectivity index (χ0v) is 19.2. The Morgan fingerprint density at radius 2 is 2.16 bits per heavy atom. The Balaban J connectivity index is 1.51. The SMILES string of the molecule is CC1CCc2c(-c3nnc(SCC(=O)Nc4ccc(F)cc4F)n3C(C)C)csc2C1. The topological polar surface area (TPSA) is 59.8 Å². The lowest BCUT2D eigenvalue weighted by Crippen LogP contribution is -2.16. The molecule has 5 nitrogen and oxygen atoms in total. The second-order valence-corrected chi connectivity index (χ2v) is 10.0. The molecule has 0 spiro atoms. The highest BCUT2D eigenvalue weighted by molar-refractivity contribution is 7.99. The van der Waals surface area contributed by atoms with Crippen LogP contribution in [0.2, 0.25) is 0 Å². The zero-order chi connectivity index (χ0) is 22.1. The summed E-state index contributed by atoms with van der Waals surface area (Å²) in [6.45, 7) is 6.41. The lowest BCUT2D eigenvalue weighted by Gasteiger charge is -2.19. The Labute approximate surface area is 188 Å². The van der Waals surface area contributed by atoms with Gasteiger partial charge in [0.2, 0.25) is 5.91 Å². The van der Waals surface area contributed by atoms with Crippen LogP contribution in [-0.4, -0.2) is 26.4 Å². The molecule has 4 rings (SSSR count). The van der Waals surface area contributed by atoms with Gasteiger partial charge in [-0.15, -0.1) is 21.5 Å². The van der Waals surface area contributed by atoms with E-state index in [-0.39, 0.29) is 17.5 Å². The van der Waals surface area contributed by atoms with E-state index in [2.05, 4.69) is 46.2 Å². The highest BCUT2D eigenvalue weighted by atomic mass is 32.2. The van der Waals surface area contributed by atoms with E-state index >= 15 is 0 Å². The van der Waals surface area contributed by atoms with Crippen LogP contribution in [0.3, 0.4) is 0 Å². The number of aromatic nitrogens is 3. The van der Waals surface area contributed by atoms with Gasteiger partial charge in [0.25, 0.3) is 0 Å². The molecule has 2 heterocycles. The highest BCUT2D eigenvalue weighted by Crippen LogP contribution is 2.39. The molecule has 1 aromatic carbocycles. The third kappa shape index (κ3) is 4.67. The van der Waals surface area contributed by atoms with Crippen LogP contribution in [0, 0.1) is 17.6 Å². The number of nitrogens with zero attached hydrogens (tertiary/aromatic N) is 3. The first-order valence-corrected chi connectivity index (χ1v) is 12.1. The summed E-state index contributed by atoms with van der Waals surface area (Å²) in [6, 6.07) is 3.17. The standard InChI is InChI=1S/C22H24F2N4OS2/c1-12(2)28-21(16-10-30-19-8-13(3)4-6-15(16)19)26-27-22(28)31-11-20(29)25-18-7-5-14(23)9-17(18)24/h5,7,9-10,12-13H,4,6,8,11H2,1-3H3,(H,25,29). The molecule has 1 aliphatic carbocycles. The molecule has 1 atom stereocenters. The van der Waals surface area contributed by atoms with Crippen molar-refractivity contribution in [1.82, 2.24) is 14.8 Å². The average molecular weight is 463 g/mol. The van der Waals surface area contributed by atoms with Crippen molar-refractivity contribution in [2.45, 2.75) is 51.2 Å². The summed E-state index contributed by atoms with van der Waals surface area (Å²) in [6.07, 6.45) is 3.33. The van der Waals surface area contributed by atoms with Gasteiger partial charge in [0.15, 0.2) is 11.0 Å². The number of anilines is 1. The zero-order valence-electron chi connectivity index (χ0n) is 17.6. The van der Waals surface area contributed by atoms with Crippen molar-refractivity contribution >= 4 is 34.7 Å². The highest BCUT2D eigenvalue weighted by Gasteiger charge is 2.25. The second-order valence-electron chi connectivity index (χ2n) is 8.13. The van der Waals surface area contributed by atoms with Crippen LogP contribution in [0.4, 0.5) is 14.5 Å². The molecule has 9 heteroatoms. The Kier molecular flexibility index (Phi) is 6.43. The van der Waals surface area contributed by atoms with Gasteiger partial charge in [0.1, 0.15) is 11.6 Å². The van der Waals surface area contributed by atoms with Crippen molar-refractivity contribution in [3.05, 3.63) is 45.7 Å². The number of carbonyl (C=O) groups is 1. The molecule has 0 radical (unpaired) electrons. The van der Waals surface area contributed by atoms with Crippen molar-refractivity contribution in [2.24, 2.45) is 5.92 Å². The number of fused-ring (bicyclic) bond motifs is 1. The smallest absolute Gasteiger partial charge is 0.234 e. The van der Waals surface area contributed by atoms with E-state index in [9.17, 15) is 13.6 Å². The fourth-order valence-electron chi connectivity index (χ4n) is 3.80. The van der Waals surface area contributed by atoms with Gasteiger partial charge in [-0.2, -0.15) is 0 Å². The Morgan fingerprint density at radius 3 is 2.90 bits per heavy atom. The van der Waals surface area contributed by atoms with Gasteiger partial charge >= 0.3 is 0 Å². The summed E-state index contributed by atoms with van der Waals surface area (Å²) in [7, 11) is 0. The molecule has 3 aromatic rings. The fourth-order valence-corrected chi connectivity index (χ4v) is 5.91. The first kappa shape index (κ1) is 22.0. The average Bonchev–Trinajstić information content (AvgIpc) is 3.31. The van der Waals surface area contributed by atoms with Crippen molar-refractivity contribution in [3.63, 3.8) is 0 Å². The van der Waals surface area contributed by atoms with E-state index in [0.29, 0.717) is 11.1 Å². The van der Waals surface area contributed by atoms with Crippen LogP contribution in [0.1, 0.15) is 43.7 Å². The molecule has 1 amide bonds. The summed E-state index contributed by atoms with van der Waals surface area (Å²) in [5, 5.41) is 14.1. The van der Waals surface area contributed by atoms with E-state index in [1.165, 1.54) is 34.7 Å². The minimum absolute atomic E-state index is 0.0426. The summed E-state index contributed by atoms with van der Waals surface area (Å²) < 4.78 is 28.9. The third-order valence-corrected chi connectivity index (χ3v) is 7.36. The number of rotatable bonds is 6. The normalized spacial score (nSPS) is 15.9. The van der Waals surface area contributed by atoms with Gasteiger partial charge in [-0.05, 0) is 56.7 Å². The molecule has 0 saturated heterocycles. The number of amides is 1. The predicted octanol–water partition coefficient (Wildman–Crippen LogP) is 5.72. The van der Waals surface area contributed by atoms with Gasteiger partial charge in [-0.3, -0.25) is 9.36 Å². The number of benzene rings is 1. The molecule has 31 heavy (non-hydrogen) atoms. The van der Waals surface area contributed by atoms with Gasteiger partial charge in [-0.25, -0.2) is 8.78 Å². The summed E-state index contributed by atoms with van der Waals surface area (Å²) in [5.41, 5.74) is 2.47. The molecule has 164 valence electrons. The quantitative estimate of drug-likeness (QED) is 0.476. The monoisotopic (exact) mass is 462 g/mol. The van der Waals surface area contributed by atoms with E-state index in [0.717, 1.165) is 36.4 Å². The Bertz CT molecular complexity index is 1110. The van der Waals surface area contributed by atoms with Crippen LogP contribution in [-0.2, 0) is 17.6 Å². The van der Waals surface area contributed by atoms with Crippen LogP contribution in [0.15, 0.2) is 28.7 Å². The van der Waals surface area contributed by atoms with Crippen molar-refractivity contribution in [2.75, 3.05) is 11.1 Å². The second kappa shape index (κ2) is 9.08. The number of carbonyl (C=O) groups excluding carboxylic acids is 1. The van der Waals surface area contributed by atoms with E-state index in [4.69, 9.17) is 0 Å². The number of nitrogens with one attached hydrogen (secondary N) is 1. The largest absolute Gasteiger partial charge is 0.323 e. The first-order chi connectivity index (χ1) is 14.8. The Morgan fingerprint density at radius 1 is 1.35 bits per heavy atom. The maximum absolute atomic E-state index is 13.8. The molecule has 0 saturated carbocycles. The molecule has 0 fully saturated rings. The van der Waals surface area contributed by atoms with Crippen LogP contribution >= 0.6 is 23.1 Å². The third-order valence-electron chi connectivity index (χ3n) is 5.36. The maximum atomic E-state index is 13.8. The van der Waals surface area contributed by atoms with Crippen molar-refractivity contribution in [1.29, 1.82) is 0 Å². The lowest BCUT2D eigenvalue weighted by atomic mass is 9.88. The van der Waals surface area contributed by atoms with Gasteiger partial charge in [0.05, 0.1) is 11.4 Å². The minimum atomic E-state index is -0.803. The maximum Gasteiger partial charge on any atom is 0.234 e. The van der Waals surface area contributed by atoms with Gasteiger partial charge in [-0.1, -0.05) is 18.7 Å². The van der Waals surface area contributed by atoms with E-state index in [1.807, 2.05) is 0 Å². The summed E-state index contributed by atoms with van der Waals surface area (Å²) in [4.78, 5) is 13.7. The van der Waals surface area contributed by atoms with E-state index < -0.39 is 17.5 Å². The summed E-state index contributed by atoms with van der Waals surface area (Å²) in [5.74, 6) is -0.305. The molecule has 0 bridgehead atoms. The number of thiophene rings is 1. The number of thioether (sulfide) groups is 1. The summed E-state index contributed by atoms with van der Waals surface area (Å²) >= 11 is 3.04. The van der Waals surface area contributed by atoms with Crippen LogP contribution in [0.5, 0.6) is 0 Å². The van der Waals surface area contributed by atoms with Crippen LogP contribution < -0.4 is 5.32 Å². The molecule has 1 unspecified atom stereocenters. The van der Waals surface area contributed by atoms with Gasteiger partial charge in [0, 0.05) is 27.9 Å². The molecular weight excluding hydrogens is 438 g/mol. The molecule has 1 N–H and O–H groups in total. The van der Waals surface area contributed by atoms with Crippen LogP contribution in [0.25, 0.3) is 11.4 Å². The van der Waals surface area contributed by atoms with Crippen molar-refractivity contribution < 1.29 is 13.6 Å². The van der Waals surface area contributed by atoms with Crippen molar-refractivity contribution in [3.8, 4) is 11.4 Å². The van der Waals surface area contributed by atoms with E-state index in [1.54, 1.807) is 11.3 Å². The number of hydrogen-bond donors (Lipinski definition) is 1. The minimum Gasteiger partial charge on any atom is -0.323 e. The fraction of sp³-hybridized carbons (Fsp3) is 0.409. The Hall–Kier alpha value is -2.26. The lowest BCUT2D eigenvalue weighted by molar-refractivity contribution is -0.113. The molecular formula is C22H24F2N4OS2. The molecule has 0 aliphatic heterocycles.